The van der Waals surface area contributed by atoms with Crippen LogP contribution in [0.1, 0.15) is 104 Å². The number of allylic oxidation sites excluding steroid dienone is 2. The summed E-state index contributed by atoms with van der Waals surface area (Å²) in [4.78, 5) is 11.7. The van der Waals surface area contributed by atoms with Crippen LogP contribution in [0.3, 0.4) is 0 Å². The van der Waals surface area contributed by atoms with Crippen molar-refractivity contribution in [3.8, 4) is 0 Å². The van der Waals surface area contributed by atoms with E-state index < -0.39 is 0 Å². The largest absolute Gasteiger partial charge is 0.383 e. The molecule has 25 heavy (non-hydrogen) atoms. The molecule has 0 saturated carbocycles. The van der Waals surface area contributed by atoms with Crippen LogP contribution in [-0.4, -0.2) is 25.7 Å². The summed E-state index contributed by atoms with van der Waals surface area (Å²) < 4.78 is 5.02. The first kappa shape index (κ1) is 24.2. The van der Waals surface area contributed by atoms with Gasteiger partial charge in [0.15, 0.2) is 0 Å². The zero-order valence-electron chi connectivity index (χ0n) is 17.2. The fourth-order valence-corrected chi connectivity index (χ4v) is 2.99. The lowest BCUT2D eigenvalue weighted by Gasteiger charge is -2.12. The van der Waals surface area contributed by atoms with Gasteiger partial charge in [0.1, 0.15) is 0 Å². The van der Waals surface area contributed by atoms with Crippen LogP contribution < -0.4 is 5.32 Å². The predicted octanol–water partition coefficient (Wildman–Crippen LogP) is 6.18. The average molecular weight is 354 g/mol. The number of methoxy groups -OCH3 is 1. The van der Waals surface area contributed by atoms with Gasteiger partial charge in [0.25, 0.3) is 0 Å². The molecule has 0 aromatic carbocycles. The maximum Gasteiger partial charge on any atom is 0.220 e. The van der Waals surface area contributed by atoms with Crippen LogP contribution in [0.15, 0.2) is 12.2 Å². The average Bonchev–Trinajstić information content (AvgIpc) is 2.58. The first-order valence-electron chi connectivity index (χ1n) is 10.6. The van der Waals surface area contributed by atoms with E-state index in [1.54, 1.807) is 7.11 Å². The maximum absolute atomic E-state index is 11.7. The molecule has 0 saturated heterocycles. The van der Waals surface area contributed by atoms with Crippen LogP contribution in [0, 0.1) is 0 Å². The van der Waals surface area contributed by atoms with Gasteiger partial charge in [-0.15, -0.1) is 0 Å². The molecule has 148 valence electrons. The molecule has 0 rings (SSSR count). The lowest BCUT2D eigenvalue weighted by Crippen LogP contribution is -2.35. The number of carbonyl (C=O) groups is 1. The summed E-state index contributed by atoms with van der Waals surface area (Å²) in [5.41, 5.74) is 0. The Kier molecular flexibility index (Phi) is 18.8. The first-order chi connectivity index (χ1) is 12.2. The molecule has 0 aliphatic rings. The monoisotopic (exact) mass is 353 g/mol. The van der Waals surface area contributed by atoms with Crippen molar-refractivity contribution in [1.29, 1.82) is 0 Å². The van der Waals surface area contributed by atoms with Crippen molar-refractivity contribution in [2.75, 3.05) is 13.7 Å². The summed E-state index contributed by atoms with van der Waals surface area (Å²) in [7, 11) is 1.66. The second kappa shape index (κ2) is 19.5. The van der Waals surface area contributed by atoms with E-state index in [0.29, 0.717) is 13.0 Å². The Morgan fingerprint density at radius 3 is 1.96 bits per heavy atom. The Morgan fingerprint density at radius 2 is 1.40 bits per heavy atom. The van der Waals surface area contributed by atoms with Gasteiger partial charge in [-0.2, -0.15) is 0 Å². The molecule has 1 N–H and O–H groups in total. The summed E-state index contributed by atoms with van der Waals surface area (Å²) in [5, 5.41) is 2.96. The number of unbranched alkanes of at least 4 members (excludes halogenated alkanes) is 11. The number of ether oxygens (including phenoxy) is 1. The molecule has 0 aliphatic heterocycles. The zero-order valence-corrected chi connectivity index (χ0v) is 17.2. The standard InChI is InChI=1S/C22H43NO2/c1-4-5-6-7-8-9-10-11-12-13-14-15-16-17-18-19-22(24)23-21(2)20-25-3/h11-12,21H,4-10,13-20H2,1-3H3,(H,23,24)/b12-11-/t21-/m1/s1. The van der Waals surface area contributed by atoms with Crippen molar-refractivity contribution < 1.29 is 9.53 Å². The summed E-state index contributed by atoms with van der Waals surface area (Å²) >= 11 is 0. The topological polar surface area (TPSA) is 38.3 Å². The molecule has 1 atom stereocenters. The van der Waals surface area contributed by atoms with Gasteiger partial charge in [-0.25, -0.2) is 0 Å². The van der Waals surface area contributed by atoms with Crippen molar-refractivity contribution in [2.45, 2.75) is 110 Å². The van der Waals surface area contributed by atoms with Crippen LogP contribution in [0.25, 0.3) is 0 Å². The molecule has 1 amide bonds. The van der Waals surface area contributed by atoms with Crippen molar-refractivity contribution in [2.24, 2.45) is 0 Å². The zero-order chi connectivity index (χ0) is 18.6. The second-order valence-corrected chi connectivity index (χ2v) is 7.26. The van der Waals surface area contributed by atoms with E-state index in [-0.39, 0.29) is 11.9 Å². The van der Waals surface area contributed by atoms with Crippen molar-refractivity contribution in [3.63, 3.8) is 0 Å². The maximum atomic E-state index is 11.7. The summed E-state index contributed by atoms with van der Waals surface area (Å²) in [6, 6.07) is 0.112. The number of amides is 1. The van der Waals surface area contributed by atoms with Crippen molar-refractivity contribution in [3.05, 3.63) is 12.2 Å². The van der Waals surface area contributed by atoms with E-state index in [0.717, 1.165) is 12.8 Å². The molecular weight excluding hydrogens is 310 g/mol. The van der Waals surface area contributed by atoms with E-state index >= 15 is 0 Å². The fraction of sp³-hybridized carbons (Fsp3) is 0.864. The van der Waals surface area contributed by atoms with E-state index in [1.807, 2.05) is 6.92 Å². The van der Waals surface area contributed by atoms with Gasteiger partial charge >= 0.3 is 0 Å². The summed E-state index contributed by atoms with van der Waals surface area (Å²) in [6.07, 6.45) is 22.1. The summed E-state index contributed by atoms with van der Waals surface area (Å²) in [6.45, 7) is 4.82. The minimum absolute atomic E-state index is 0.112. The lowest BCUT2D eigenvalue weighted by molar-refractivity contribution is -0.122. The van der Waals surface area contributed by atoms with Gasteiger partial charge < -0.3 is 10.1 Å². The third-order valence-electron chi connectivity index (χ3n) is 4.49. The molecule has 0 aromatic rings. The number of nitrogens with one attached hydrogen (secondary N) is 1. The third-order valence-corrected chi connectivity index (χ3v) is 4.49. The Labute approximate surface area is 157 Å². The van der Waals surface area contributed by atoms with Crippen LogP contribution in [0.5, 0.6) is 0 Å². The molecule has 0 spiro atoms. The minimum atomic E-state index is 0.112. The van der Waals surface area contributed by atoms with Crippen LogP contribution in [0.2, 0.25) is 0 Å². The predicted molar refractivity (Wildman–Crippen MR) is 109 cm³/mol. The van der Waals surface area contributed by atoms with E-state index in [4.69, 9.17) is 4.74 Å². The molecular formula is C22H43NO2. The van der Waals surface area contributed by atoms with Crippen molar-refractivity contribution >= 4 is 5.91 Å². The molecule has 0 radical (unpaired) electrons. The SMILES string of the molecule is CCCCCCCC/C=C\CCCCCCCC(=O)N[C@H](C)COC. The molecule has 0 heterocycles. The van der Waals surface area contributed by atoms with Gasteiger partial charge in [0.2, 0.25) is 5.91 Å². The molecule has 0 aromatic heterocycles. The van der Waals surface area contributed by atoms with E-state index in [2.05, 4.69) is 24.4 Å². The highest BCUT2D eigenvalue weighted by Crippen LogP contribution is 2.10. The smallest absolute Gasteiger partial charge is 0.220 e. The highest BCUT2D eigenvalue weighted by Gasteiger charge is 2.06. The molecule has 0 fully saturated rings. The Morgan fingerprint density at radius 1 is 0.880 bits per heavy atom. The third kappa shape index (κ3) is 19.3. The Balaban J connectivity index is 3.25. The fourth-order valence-electron chi connectivity index (χ4n) is 2.99. The van der Waals surface area contributed by atoms with Crippen molar-refractivity contribution in [1.82, 2.24) is 5.32 Å². The van der Waals surface area contributed by atoms with E-state index in [9.17, 15) is 4.79 Å². The quantitative estimate of drug-likeness (QED) is 0.236. The highest BCUT2D eigenvalue weighted by molar-refractivity contribution is 5.76. The second-order valence-electron chi connectivity index (χ2n) is 7.26. The van der Waals surface area contributed by atoms with Gasteiger partial charge in [-0.3, -0.25) is 4.79 Å². The van der Waals surface area contributed by atoms with Crippen LogP contribution >= 0.6 is 0 Å². The normalized spacial score (nSPS) is 12.6. The molecule has 3 nitrogen and oxygen atoms in total. The summed E-state index contributed by atoms with van der Waals surface area (Å²) in [5.74, 6) is 0.155. The lowest BCUT2D eigenvalue weighted by atomic mass is 10.1. The molecule has 0 bridgehead atoms. The number of carbonyl (C=O) groups excluding carboxylic acids is 1. The van der Waals surface area contributed by atoms with Gasteiger partial charge in [-0.1, -0.05) is 70.4 Å². The number of hydrogen-bond donors (Lipinski definition) is 1. The van der Waals surface area contributed by atoms with Gasteiger partial charge in [0.05, 0.1) is 6.61 Å². The number of rotatable bonds is 18. The number of hydrogen-bond acceptors (Lipinski definition) is 2. The molecule has 0 unspecified atom stereocenters. The first-order valence-corrected chi connectivity index (χ1v) is 10.6. The van der Waals surface area contributed by atoms with E-state index in [1.165, 1.54) is 70.6 Å². The highest BCUT2D eigenvalue weighted by atomic mass is 16.5. The Hall–Kier alpha value is -0.830. The Bertz CT molecular complexity index is 315. The van der Waals surface area contributed by atoms with Crippen LogP contribution in [0.4, 0.5) is 0 Å². The molecule has 0 aliphatic carbocycles. The minimum Gasteiger partial charge on any atom is -0.383 e. The molecule has 3 heteroatoms. The van der Waals surface area contributed by atoms with Crippen LogP contribution in [-0.2, 0) is 9.53 Å². The van der Waals surface area contributed by atoms with Gasteiger partial charge in [-0.05, 0) is 39.0 Å². The van der Waals surface area contributed by atoms with Gasteiger partial charge in [0, 0.05) is 19.6 Å².